The first-order chi connectivity index (χ1) is 10.1. The molecule has 1 atom stereocenters. The standard InChI is InChI=1S/C15H12BrClN2O2/c1-21-9-4-2-8(3-5-9)14(17)10-6-12-13(7-11(10)16)19-15(20)18-12/h2-7,14H,1H3,(H2,18,19,20). The van der Waals surface area contributed by atoms with E-state index in [0.29, 0.717) is 0 Å². The van der Waals surface area contributed by atoms with Crippen molar-refractivity contribution >= 4 is 38.6 Å². The summed E-state index contributed by atoms with van der Waals surface area (Å²) in [6.07, 6.45) is 0. The lowest BCUT2D eigenvalue weighted by molar-refractivity contribution is 0.414. The lowest BCUT2D eigenvalue weighted by Crippen LogP contribution is -1.99. The Labute approximate surface area is 134 Å². The molecule has 0 aliphatic heterocycles. The highest BCUT2D eigenvalue weighted by Gasteiger charge is 2.16. The summed E-state index contributed by atoms with van der Waals surface area (Å²) in [5.41, 5.74) is 3.09. The van der Waals surface area contributed by atoms with E-state index in [1.54, 1.807) is 7.11 Å². The van der Waals surface area contributed by atoms with Crippen molar-refractivity contribution in [2.24, 2.45) is 0 Å². The normalized spacial score (nSPS) is 12.5. The van der Waals surface area contributed by atoms with Crippen molar-refractivity contribution in [3.8, 4) is 5.75 Å². The topological polar surface area (TPSA) is 57.9 Å². The number of methoxy groups -OCH3 is 1. The van der Waals surface area contributed by atoms with E-state index in [1.165, 1.54) is 0 Å². The summed E-state index contributed by atoms with van der Waals surface area (Å²) >= 11 is 10.1. The highest BCUT2D eigenvalue weighted by Crippen LogP contribution is 2.36. The van der Waals surface area contributed by atoms with Crippen LogP contribution in [0.4, 0.5) is 0 Å². The van der Waals surface area contributed by atoms with Gasteiger partial charge in [0.2, 0.25) is 0 Å². The maximum absolute atomic E-state index is 11.3. The molecule has 3 rings (SSSR count). The molecular weight excluding hydrogens is 356 g/mol. The number of hydrogen-bond acceptors (Lipinski definition) is 2. The Hall–Kier alpha value is -1.72. The average molecular weight is 368 g/mol. The van der Waals surface area contributed by atoms with Gasteiger partial charge in [-0.1, -0.05) is 28.1 Å². The number of aromatic nitrogens is 2. The van der Waals surface area contributed by atoms with Crippen molar-refractivity contribution in [2.75, 3.05) is 7.11 Å². The number of nitrogens with one attached hydrogen (secondary N) is 2. The van der Waals surface area contributed by atoms with Crippen LogP contribution < -0.4 is 10.4 Å². The van der Waals surface area contributed by atoms with Crippen molar-refractivity contribution in [3.63, 3.8) is 0 Å². The molecule has 0 saturated heterocycles. The second-order valence-corrected chi connectivity index (χ2v) is 5.92. The van der Waals surface area contributed by atoms with Crippen LogP contribution in [0, 0.1) is 0 Å². The van der Waals surface area contributed by atoms with Gasteiger partial charge in [0.1, 0.15) is 5.75 Å². The summed E-state index contributed by atoms with van der Waals surface area (Å²) in [5, 5.41) is -0.326. The van der Waals surface area contributed by atoms with Gasteiger partial charge in [-0.15, -0.1) is 11.6 Å². The highest BCUT2D eigenvalue weighted by atomic mass is 79.9. The maximum Gasteiger partial charge on any atom is 0.323 e. The van der Waals surface area contributed by atoms with Crippen LogP contribution in [-0.2, 0) is 0 Å². The Balaban J connectivity index is 2.04. The summed E-state index contributed by atoms with van der Waals surface area (Å²) in [4.78, 5) is 16.8. The number of benzene rings is 2. The van der Waals surface area contributed by atoms with E-state index < -0.39 is 0 Å². The van der Waals surface area contributed by atoms with Gasteiger partial charge in [0.15, 0.2) is 0 Å². The van der Waals surface area contributed by atoms with E-state index in [0.717, 1.165) is 32.4 Å². The SMILES string of the molecule is COc1ccc(C(Cl)c2cc3[nH]c(=O)[nH]c3cc2Br)cc1. The van der Waals surface area contributed by atoms with Gasteiger partial charge in [-0.2, -0.15) is 0 Å². The van der Waals surface area contributed by atoms with E-state index in [1.807, 2.05) is 36.4 Å². The van der Waals surface area contributed by atoms with Crippen LogP contribution in [0.5, 0.6) is 5.75 Å². The Morgan fingerprint density at radius 3 is 2.38 bits per heavy atom. The average Bonchev–Trinajstić information content (AvgIpc) is 2.85. The van der Waals surface area contributed by atoms with Crippen LogP contribution in [-0.4, -0.2) is 17.1 Å². The molecule has 0 radical (unpaired) electrons. The van der Waals surface area contributed by atoms with E-state index >= 15 is 0 Å². The van der Waals surface area contributed by atoms with Crippen LogP contribution >= 0.6 is 27.5 Å². The molecule has 0 aliphatic carbocycles. The number of ether oxygens (including phenoxy) is 1. The molecule has 6 heteroatoms. The number of halogens is 2. The van der Waals surface area contributed by atoms with Gasteiger partial charge in [-0.25, -0.2) is 4.79 Å². The van der Waals surface area contributed by atoms with Gasteiger partial charge in [-0.3, -0.25) is 0 Å². The summed E-state index contributed by atoms with van der Waals surface area (Å²) in [6.45, 7) is 0. The van der Waals surface area contributed by atoms with Crippen molar-refractivity contribution in [1.82, 2.24) is 9.97 Å². The summed E-state index contributed by atoms with van der Waals surface area (Å²) in [5.74, 6) is 0.784. The predicted molar refractivity (Wildman–Crippen MR) is 87.3 cm³/mol. The van der Waals surface area contributed by atoms with Crippen LogP contribution in [0.15, 0.2) is 45.7 Å². The fourth-order valence-electron chi connectivity index (χ4n) is 2.22. The molecule has 1 aromatic heterocycles. The van der Waals surface area contributed by atoms with Gasteiger partial charge < -0.3 is 14.7 Å². The zero-order valence-electron chi connectivity index (χ0n) is 11.1. The van der Waals surface area contributed by atoms with Gasteiger partial charge in [0.05, 0.1) is 23.5 Å². The molecule has 1 heterocycles. The summed E-state index contributed by atoms with van der Waals surface area (Å²) in [7, 11) is 1.62. The van der Waals surface area contributed by atoms with Crippen molar-refractivity contribution in [3.05, 3.63) is 62.5 Å². The Morgan fingerprint density at radius 2 is 1.76 bits per heavy atom. The molecule has 0 spiro atoms. The van der Waals surface area contributed by atoms with Crippen LogP contribution in [0.25, 0.3) is 11.0 Å². The van der Waals surface area contributed by atoms with Crippen LogP contribution in [0.2, 0.25) is 0 Å². The molecule has 0 saturated carbocycles. The molecule has 0 amide bonds. The predicted octanol–water partition coefficient (Wildman–Crippen LogP) is 3.96. The quantitative estimate of drug-likeness (QED) is 0.689. The van der Waals surface area contributed by atoms with E-state index in [9.17, 15) is 4.79 Å². The van der Waals surface area contributed by atoms with E-state index in [4.69, 9.17) is 16.3 Å². The summed E-state index contributed by atoms with van der Waals surface area (Å²) in [6, 6.07) is 11.3. The molecule has 2 aromatic carbocycles. The second kappa shape index (κ2) is 5.58. The fraction of sp³-hybridized carbons (Fsp3) is 0.133. The van der Waals surface area contributed by atoms with Crippen molar-refractivity contribution in [2.45, 2.75) is 5.38 Å². The first kappa shape index (κ1) is 14.2. The molecule has 108 valence electrons. The third kappa shape index (κ3) is 2.71. The number of imidazole rings is 1. The van der Waals surface area contributed by atoms with Crippen molar-refractivity contribution < 1.29 is 4.74 Å². The van der Waals surface area contributed by atoms with Crippen molar-refractivity contribution in [1.29, 1.82) is 0 Å². The van der Waals surface area contributed by atoms with Crippen LogP contribution in [0.3, 0.4) is 0 Å². The van der Waals surface area contributed by atoms with Gasteiger partial charge in [0, 0.05) is 4.47 Å². The number of rotatable bonds is 3. The third-order valence-electron chi connectivity index (χ3n) is 3.31. The molecule has 0 fully saturated rings. The largest absolute Gasteiger partial charge is 0.497 e. The van der Waals surface area contributed by atoms with Crippen LogP contribution in [0.1, 0.15) is 16.5 Å². The Kier molecular flexibility index (Phi) is 3.78. The fourth-order valence-corrected chi connectivity index (χ4v) is 3.25. The number of aromatic amines is 2. The lowest BCUT2D eigenvalue weighted by atomic mass is 10.0. The van der Waals surface area contributed by atoms with Gasteiger partial charge >= 0.3 is 5.69 Å². The first-order valence-electron chi connectivity index (χ1n) is 6.28. The highest BCUT2D eigenvalue weighted by molar-refractivity contribution is 9.10. The maximum atomic E-state index is 11.3. The minimum Gasteiger partial charge on any atom is -0.497 e. The number of alkyl halides is 1. The number of fused-ring (bicyclic) bond motifs is 1. The monoisotopic (exact) mass is 366 g/mol. The Morgan fingerprint density at radius 1 is 1.14 bits per heavy atom. The molecule has 0 bridgehead atoms. The Bertz CT molecular complexity index is 839. The van der Waals surface area contributed by atoms with Gasteiger partial charge in [0.25, 0.3) is 0 Å². The lowest BCUT2D eigenvalue weighted by Gasteiger charge is -2.13. The second-order valence-electron chi connectivity index (χ2n) is 4.63. The zero-order valence-corrected chi connectivity index (χ0v) is 13.5. The smallest absolute Gasteiger partial charge is 0.323 e. The molecule has 2 N–H and O–H groups in total. The van der Waals surface area contributed by atoms with E-state index in [2.05, 4.69) is 25.9 Å². The molecular formula is C15H12BrClN2O2. The molecule has 1 unspecified atom stereocenters. The number of hydrogen-bond donors (Lipinski definition) is 2. The minimum atomic E-state index is -0.326. The minimum absolute atomic E-state index is 0.232. The third-order valence-corrected chi connectivity index (χ3v) is 4.49. The van der Waals surface area contributed by atoms with Gasteiger partial charge in [-0.05, 0) is 35.4 Å². The molecule has 3 aromatic rings. The zero-order chi connectivity index (χ0) is 15.0. The first-order valence-corrected chi connectivity index (χ1v) is 7.51. The molecule has 4 nitrogen and oxygen atoms in total. The number of H-pyrrole nitrogens is 2. The summed E-state index contributed by atoms with van der Waals surface area (Å²) < 4.78 is 5.99. The van der Waals surface area contributed by atoms with E-state index in [-0.39, 0.29) is 11.1 Å². The molecule has 21 heavy (non-hydrogen) atoms. The molecule has 0 aliphatic rings.